The summed E-state index contributed by atoms with van der Waals surface area (Å²) in [6.45, 7) is 8.68. The number of alkyl halides is 2. The lowest BCUT2D eigenvalue weighted by Crippen LogP contribution is -2.39. The van der Waals surface area contributed by atoms with E-state index in [1.54, 1.807) is 0 Å². The molecule has 1 N–H and O–H groups in total. The van der Waals surface area contributed by atoms with Gasteiger partial charge < -0.3 is 14.8 Å². The van der Waals surface area contributed by atoms with Gasteiger partial charge in [-0.3, -0.25) is 0 Å². The van der Waals surface area contributed by atoms with E-state index in [1.165, 1.54) is 0 Å². The van der Waals surface area contributed by atoms with Gasteiger partial charge in [-0.25, -0.2) is 4.79 Å². The van der Waals surface area contributed by atoms with Crippen molar-refractivity contribution >= 4 is 29.2 Å². The van der Waals surface area contributed by atoms with Crippen LogP contribution in [0.5, 0.6) is 0 Å². The Morgan fingerprint density at radius 1 is 1.24 bits per heavy atom. The molecule has 1 atom stereocenters. The predicted octanol–water partition coefficient (Wildman–Crippen LogP) is 2.12. The van der Waals surface area contributed by atoms with Crippen LogP contribution in [0, 0.1) is 0 Å². The van der Waals surface area contributed by atoms with Crippen LogP contribution in [0.25, 0.3) is 0 Å². The molecular weight excluding hydrogens is 265 g/mol. The molecule has 0 aromatic rings. The highest BCUT2D eigenvalue weighted by molar-refractivity contribution is 6.52. The summed E-state index contributed by atoms with van der Waals surface area (Å²) in [6, 6.07) is 0.304. The molecule has 0 saturated heterocycles. The fraction of sp³-hybridized carbons (Fsp3) is 0.909. The molecule has 0 amide bonds. The van der Waals surface area contributed by atoms with Crippen LogP contribution >= 0.6 is 23.2 Å². The van der Waals surface area contributed by atoms with Gasteiger partial charge in [-0.1, -0.05) is 37.0 Å². The topological polar surface area (TPSA) is 47.6 Å². The first-order valence-electron chi connectivity index (χ1n) is 5.66. The van der Waals surface area contributed by atoms with Gasteiger partial charge in [0, 0.05) is 12.6 Å². The number of halogens is 2. The molecule has 1 unspecified atom stereocenters. The van der Waals surface area contributed by atoms with E-state index in [0.717, 1.165) is 0 Å². The number of rotatable bonds is 8. The van der Waals surface area contributed by atoms with Crippen molar-refractivity contribution in [1.29, 1.82) is 0 Å². The molecule has 4 nitrogen and oxygen atoms in total. The Hall–Kier alpha value is -0.0300. The minimum Gasteiger partial charge on any atom is -0.457 e. The second kappa shape index (κ2) is 8.97. The predicted molar refractivity (Wildman–Crippen MR) is 69.6 cm³/mol. The summed E-state index contributed by atoms with van der Waals surface area (Å²) < 4.78 is 10.5. The van der Waals surface area contributed by atoms with Crippen LogP contribution in [-0.4, -0.2) is 42.2 Å². The van der Waals surface area contributed by atoms with E-state index in [1.807, 2.05) is 27.7 Å². The average molecular weight is 286 g/mol. The molecule has 0 bridgehead atoms. The van der Waals surface area contributed by atoms with E-state index in [2.05, 4.69) is 5.32 Å². The average Bonchev–Trinajstić information content (AvgIpc) is 2.21. The molecule has 102 valence electrons. The van der Waals surface area contributed by atoms with E-state index in [-0.39, 0.29) is 12.2 Å². The quantitative estimate of drug-likeness (QED) is 0.548. The fourth-order valence-electron chi connectivity index (χ4n) is 1.02. The number of ether oxygens (including phenoxy) is 2. The van der Waals surface area contributed by atoms with E-state index in [4.69, 9.17) is 32.7 Å². The van der Waals surface area contributed by atoms with Gasteiger partial charge in [-0.05, 0) is 13.8 Å². The van der Waals surface area contributed by atoms with Crippen molar-refractivity contribution in [2.75, 3.05) is 13.2 Å². The molecule has 0 radical (unpaired) electrons. The Bertz CT molecular complexity index is 211. The van der Waals surface area contributed by atoms with Gasteiger partial charge in [0.1, 0.15) is 6.10 Å². The van der Waals surface area contributed by atoms with Crippen molar-refractivity contribution < 1.29 is 14.3 Å². The van der Waals surface area contributed by atoms with Crippen molar-refractivity contribution in [3.63, 3.8) is 0 Å². The second-order valence-electron chi connectivity index (χ2n) is 4.30. The molecule has 0 aromatic heterocycles. The zero-order valence-corrected chi connectivity index (χ0v) is 12.2. The third-order valence-electron chi connectivity index (χ3n) is 1.83. The molecule has 0 aliphatic carbocycles. The van der Waals surface area contributed by atoms with Crippen molar-refractivity contribution in [1.82, 2.24) is 5.32 Å². The van der Waals surface area contributed by atoms with Crippen LogP contribution in [0.15, 0.2) is 0 Å². The zero-order chi connectivity index (χ0) is 13.4. The van der Waals surface area contributed by atoms with Gasteiger partial charge >= 0.3 is 5.97 Å². The second-order valence-corrected chi connectivity index (χ2v) is 5.40. The Labute approximate surface area is 113 Å². The molecule has 0 rings (SSSR count). The Balaban J connectivity index is 4.14. The zero-order valence-electron chi connectivity index (χ0n) is 10.7. The van der Waals surface area contributed by atoms with Gasteiger partial charge in [0.05, 0.1) is 12.7 Å². The van der Waals surface area contributed by atoms with Crippen LogP contribution in [-0.2, 0) is 14.3 Å². The van der Waals surface area contributed by atoms with E-state index in [0.29, 0.717) is 19.2 Å². The molecule has 0 spiro atoms. The van der Waals surface area contributed by atoms with Gasteiger partial charge in [0.15, 0.2) is 0 Å². The fourth-order valence-corrected chi connectivity index (χ4v) is 1.12. The van der Waals surface area contributed by atoms with Gasteiger partial charge in [-0.2, -0.15) is 0 Å². The van der Waals surface area contributed by atoms with Crippen LogP contribution < -0.4 is 5.32 Å². The van der Waals surface area contributed by atoms with E-state index in [9.17, 15) is 4.79 Å². The first-order valence-corrected chi connectivity index (χ1v) is 6.53. The summed E-state index contributed by atoms with van der Waals surface area (Å²) in [5, 5.41) is 3.17. The summed E-state index contributed by atoms with van der Waals surface area (Å²) in [5.41, 5.74) is 0. The molecule has 0 saturated carbocycles. The van der Waals surface area contributed by atoms with Crippen LogP contribution in [0.1, 0.15) is 27.7 Å². The minimum atomic E-state index is -1.16. The normalized spacial score (nSPS) is 13.5. The smallest absolute Gasteiger partial charge is 0.339 e. The lowest BCUT2D eigenvalue weighted by atomic mass is 10.3. The van der Waals surface area contributed by atoms with Gasteiger partial charge in [0.25, 0.3) is 0 Å². The number of hydrogen-bond acceptors (Lipinski definition) is 4. The highest BCUT2D eigenvalue weighted by Gasteiger charge is 2.20. The summed E-state index contributed by atoms with van der Waals surface area (Å²) >= 11 is 10.9. The number of hydrogen-bond donors (Lipinski definition) is 1. The first-order chi connectivity index (χ1) is 7.82. The molecule has 0 heterocycles. The van der Waals surface area contributed by atoms with E-state index < -0.39 is 10.8 Å². The summed E-state index contributed by atoms with van der Waals surface area (Å²) in [4.78, 5) is 10.1. The maximum Gasteiger partial charge on any atom is 0.339 e. The number of carbonyl (C=O) groups excluding carboxylic acids is 1. The first kappa shape index (κ1) is 17.0. The molecule has 0 aliphatic heterocycles. The molecular formula is C11H21Cl2NO3. The molecule has 6 heteroatoms. The highest BCUT2D eigenvalue weighted by Crippen LogP contribution is 2.07. The minimum absolute atomic E-state index is 0.0815. The molecule has 17 heavy (non-hydrogen) atoms. The Morgan fingerprint density at radius 3 is 2.24 bits per heavy atom. The van der Waals surface area contributed by atoms with Crippen molar-refractivity contribution in [3.05, 3.63) is 0 Å². The Morgan fingerprint density at radius 2 is 1.82 bits per heavy atom. The van der Waals surface area contributed by atoms with Gasteiger partial charge in [0.2, 0.25) is 4.84 Å². The SMILES string of the molecule is CC(C)NCC(COC(C)C)OC(=O)C(Cl)Cl. The Kier molecular flexibility index (Phi) is 8.96. The lowest BCUT2D eigenvalue weighted by Gasteiger charge is -2.21. The van der Waals surface area contributed by atoms with Crippen LogP contribution in [0.3, 0.4) is 0 Å². The number of esters is 1. The number of carbonyl (C=O) groups is 1. The summed E-state index contributed by atoms with van der Waals surface area (Å²) in [7, 11) is 0. The standard InChI is InChI=1S/C11H21Cl2NO3/c1-7(2)14-5-9(6-16-8(3)4)17-11(15)10(12)13/h7-10,14H,5-6H2,1-4H3. The number of nitrogens with one attached hydrogen (secondary N) is 1. The third kappa shape index (κ3) is 9.65. The summed E-state index contributed by atoms with van der Waals surface area (Å²) in [5.74, 6) is -0.642. The van der Waals surface area contributed by atoms with Gasteiger partial charge in [-0.15, -0.1) is 0 Å². The van der Waals surface area contributed by atoms with Crippen LogP contribution in [0.2, 0.25) is 0 Å². The maximum atomic E-state index is 11.3. The third-order valence-corrected chi connectivity index (χ3v) is 2.19. The van der Waals surface area contributed by atoms with Crippen molar-refractivity contribution in [2.45, 2.75) is 50.8 Å². The van der Waals surface area contributed by atoms with Crippen molar-refractivity contribution in [3.8, 4) is 0 Å². The molecule has 0 fully saturated rings. The van der Waals surface area contributed by atoms with E-state index >= 15 is 0 Å². The van der Waals surface area contributed by atoms with Crippen molar-refractivity contribution in [2.24, 2.45) is 0 Å². The largest absolute Gasteiger partial charge is 0.457 e. The monoisotopic (exact) mass is 285 g/mol. The lowest BCUT2D eigenvalue weighted by molar-refractivity contribution is -0.150. The molecule has 0 aliphatic rings. The maximum absolute atomic E-state index is 11.3. The summed E-state index contributed by atoms with van der Waals surface area (Å²) in [6.07, 6.45) is -0.301. The molecule has 0 aromatic carbocycles. The highest BCUT2D eigenvalue weighted by atomic mass is 35.5. The van der Waals surface area contributed by atoms with Crippen LogP contribution in [0.4, 0.5) is 0 Å².